The number of likely N-dealkylation sites (N-methyl/N-ethyl adjacent to an activating group) is 1. The van der Waals surface area contributed by atoms with E-state index in [0.29, 0.717) is 17.1 Å². The molecular weight excluding hydrogens is 472 g/mol. The summed E-state index contributed by atoms with van der Waals surface area (Å²) in [5.74, 6) is 0.628. The van der Waals surface area contributed by atoms with Gasteiger partial charge in [0, 0.05) is 38.9 Å². The molecule has 2 aromatic rings. The van der Waals surface area contributed by atoms with Gasteiger partial charge in [-0.3, -0.25) is 4.79 Å². The van der Waals surface area contributed by atoms with E-state index in [2.05, 4.69) is 0 Å². The summed E-state index contributed by atoms with van der Waals surface area (Å²) in [4.78, 5) is 14.7. The number of sulfonamides is 1. The van der Waals surface area contributed by atoms with Crippen LogP contribution in [0.25, 0.3) is 0 Å². The highest BCUT2D eigenvalue weighted by Gasteiger charge is 2.33. The fourth-order valence-corrected chi connectivity index (χ4v) is 5.67. The first kappa shape index (κ1) is 26.9. The number of benzene rings is 2. The van der Waals surface area contributed by atoms with E-state index in [0.717, 1.165) is 5.56 Å². The van der Waals surface area contributed by atoms with E-state index in [1.807, 2.05) is 13.8 Å². The van der Waals surface area contributed by atoms with Gasteiger partial charge >= 0.3 is 0 Å². The highest BCUT2D eigenvalue weighted by atomic mass is 32.2. The summed E-state index contributed by atoms with van der Waals surface area (Å²) < 4.78 is 44.4. The minimum absolute atomic E-state index is 0.114. The van der Waals surface area contributed by atoms with E-state index in [-0.39, 0.29) is 43.2 Å². The molecule has 10 heteroatoms. The maximum Gasteiger partial charge on any atom is 0.253 e. The number of aliphatic hydroxyl groups excluding tert-OH is 1. The molecule has 0 unspecified atom stereocenters. The average molecular weight is 507 g/mol. The zero-order valence-electron chi connectivity index (χ0n) is 20.8. The Morgan fingerprint density at radius 1 is 1.09 bits per heavy atom. The Morgan fingerprint density at radius 3 is 2.37 bits per heavy atom. The van der Waals surface area contributed by atoms with E-state index < -0.39 is 22.2 Å². The molecule has 35 heavy (non-hydrogen) atoms. The molecule has 0 radical (unpaired) electrons. The van der Waals surface area contributed by atoms with E-state index >= 15 is 0 Å². The van der Waals surface area contributed by atoms with Gasteiger partial charge in [0.1, 0.15) is 0 Å². The van der Waals surface area contributed by atoms with Crippen LogP contribution in [0.3, 0.4) is 0 Å². The fourth-order valence-electron chi connectivity index (χ4n) is 3.94. The summed E-state index contributed by atoms with van der Waals surface area (Å²) in [5, 5.41) is 9.77. The average Bonchev–Trinajstić information content (AvgIpc) is 3.32. The predicted molar refractivity (Wildman–Crippen MR) is 131 cm³/mol. The van der Waals surface area contributed by atoms with Crippen molar-refractivity contribution < 1.29 is 32.5 Å². The molecule has 2 aromatic carbocycles. The molecule has 0 spiro atoms. The van der Waals surface area contributed by atoms with Crippen LogP contribution in [0.1, 0.15) is 29.8 Å². The minimum Gasteiger partial charge on any atom is -0.454 e. The van der Waals surface area contributed by atoms with Crippen molar-refractivity contribution in [3.8, 4) is 11.5 Å². The lowest BCUT2D eigenvalue weighted by Crippen LogP contribution is -2.47. The number of carbonyl (C=O) groups is 1. The molecular formula is C25H34N2O7S. The van der Waals surface area contributed by atoms with E-state index in [1.165, 1.54) is 16.3 Å². The summed E-state index contributed by atoms with van der Waals surface area (Å²) >= 11 is 0. The van der Waals surface area contributed by atoms with Crippen molar-refractivity contribution in [2.45, 2.75) is 37.8 Å². The number of methoxy groups -OCH3 is 1. The second-order valence-electron chi connectivity index (χ2n) is 8.92. The Morgan fingerprint density at radius 2 is 1.74 bits per heavy atom. The molecule has 0 bridgehead atoms. The van der Waals surface area contributed by atoms with Crippen molar-refractivity contribution in [3.05, 3.63) is 53.6 Å². The highest BCUT2D eigenvalue weighted by Crippen LogP contribution is 2.33. The Kier molecular flexibility index (Phi) is 8.76. The second-order valence-corrected chi connectivity index (χ2v) is 10.8. The molecule has 1 N–H and O–H groups in total. The maximum atomic E-state index is 13.4. The molecule has 0 saturated carbocycles. The van der Waals surface area contributed by atoms with Crippen LogP contribution in [0.2, 0.25) is 0 Å². The Hall–Kier alpha value is -2.66. The van der Waals surface area contributed by atoms with Crippen LogP contribution in [-0.2, 0) is 14.8 Å². The van der Waals surface area contributed by atoms with Gasteiger partial charge in [0.25, 0.3) is 5.91 Å². The van der Waals surface area contributed by atoms with Crippen LogP contribution in [0.15, 0.2) is 47.4 Å². The van der Waals surface area contributed by atoms with Crippen LogP contribution in [-0.4, -0.2) is 81.4 Å². The summed E-state index contributed by atoms with van der Waals surface area (Å²) in [6.07, 6.45) is -0.445. The summed E-state index contributed by atoms with van der Waals surface area (Å²) in [5.41, 5.74) is 1.41. The van der Waals surface area contributed by atoms with Gasteiger partial charge in [-0.1, -0.05) is 24.6 Å². The van der Waals surface area contributed by atoms with Crippen LogP contribution in [0, 0.1) is 12.8 Å². The zero-order valence-corrected chi connectivity index (χ0v) is 21.6. The molecule has 9 nitrogen and oxygen atoms in total. The van der Waals surface area contributed by atoms with Crippen molar-refractivity contribution in [1.82, 2.24) is 9.21 Å². The number of aryl methyl sites for hydroxylation is 1. The number of hydrogen-bond acceptors (Lipinski definition) is 7. The van der Waals surface area contributed by atoms with Crippen molar-refractivity contribution in [1.29, 1.82) is 0 Å². The number of carbonyl (C=O) groups excluding carboxylic acids is 1. The van der Waals surface area contributed by atoms with Gasteiger partial charge in [0.2, 0.25) is 16.8 Å². The molecule has 1 aliphatic heterocycles. The lowest BCUT2D eigenvalue weighted by Gasteiger charge is -2.33. The molecule has 1 amide bonds. The standard InChI is InChI=1S/C25H34N2O7S/c1-17-6-9-21(10-7-17)35(30,31)27(19(3)15-28)13-18(2)24(32-5)14-26(4)25(29)20-8-11-22-23(12-20)34-16-33-22/h6-12,18-19,24,28H,13-16H2,1-5H3/t18-,19-,24-/m0/s1. The summed E-state index contributed by atoms with van der Waals surface area (Å²) in [6.45, 7) is 5.58. The van der Waals surface area contributed by atoms with Gasteiger partial charge in [0.15, 0.2) is 11.5 Å². The number of ether oxygens (including phenoxy) is 3. The molecule has 192 valence electrons. The number of amides is 1. The number of fused-ring (bicyclic) bond motifs is 1. The molecule has 3 rings (SSSR count). The van der Waals surface area contributed by atoms with Crippen LogP contribution < -0.4 is 9.47 Å². The third-order valence-electron chi connectivity index (χ3n) is 6.21. The number of aliphatic hydroxyl groups is 1. The zero-order chi connectivity index (χ0) is 25.8. The third-order valence-corrected chi connectivity index (χ3v) is 8.20. The van der Waals surface area contributed by atoms with Gasteiger partial charge in [-0.15, -0.1) is 0 Å². The smallest absolute Gasteiger partial charge is 0.253 e. The molecule has 0 fully saturated rings. The van der Waals surface area contributed by atoms with E-state index in [4.69, 9.17) is 14.2 Å². The molecule has 1 heterocycles. The fraction of sp³-hybridized carbons (Fsp3) is 0.480. The summed E-state index contributed by atoms with van der Waals surface area (Å²) in [6, 6.07) is 11.0. The van der Waals surface area contributed by atoms with E-state index in [9.17, 15) is 18.3 Å². The topological polar surface area (TPSA) is 106 Å². The lowest BCUT2D eigenvalue weighted by atomic mass is 10.0. The van der Waals surface area contributed by atoms with Crippen LogP contribution in [0.4, 0.5) is 0 Å². The van der Waals surface area contributed by atoms with E-state index in [1.54, 1.807) is 56.4 Å². The molecule has 3 atom stereocenters. The Labute approximate surface area is 207 Å². The van der Waals surface area contributed by atoms with Gasteiger partial charge in [-0.05, 0) is 50.1 Å². The maximum absolute atomic E-state index is 13.4. The first-order chi connectivity index (χ1) is 16.6. The third kappa shape index (κ3) is 6.13. The molecule has 0 aliphatic carbocycles. The first-order valence-electron chi connectivity index (χ1n) is 11.5. The predicted octanol–water partition coefficient (Wildman–Crippen LogP) is 2.52. The van der Waals surface area contributed by atoms with Crippen molar-refractivity contribution in [3.63, 3.8) is 0 Å². The van der Waals surface area contributed by atoms with Crippen molar-refractivity contribution in [2.24, 2.45) is 5.92 Å². The first-order valence-corrected chi connectivity index (χ1v) is 12.9. The van der Waals surface area contributed by atoms with Crippen molar-refractivity contribution in [2.75, 3.05) is 40.6 Å². The highest BCUT2D eigenvalue weighted by molar-refractivity contribution is 7.89. The monoisotopic (exact) mass is 506 g/mol. The van der Waals surface area contributed by atoms with Gasteiger partial charge in [-0.2, -0.15) is 4.31 Å². The Balaban J connectivity index is 1.73. The normalized spacial score (nSPS) is 15.6. The van der Waals surface area contributed by atoms with Gasteiger partial charge in [0.05, 0.1) is 17.6 Å². The van der Waals surface area contributed by atoms with Crippen molar-refractivity contribution >= 4 is 15.9 Å². The quantitative estimate of drug-likeness (QED) is 0.499. The minimum atomic E-state index is -3.85. The number of nitrogens with zero attached hydrogens (tertiary/aromatic N) is 2. The largest absolute Gasteiger partial charge is 0.454 e. The van der Waals surface area contributed by atoms with Crippen LogP contribution >= 0.6 is 0 Å². The summed E-state index contributed by atoms with van der Waals surface area (Å²) in [7, 11) is -0.643. The van der Waals surface area contributed by atoms with Crippen LogP contribution in [0.5, 0.6) is 11.5 Å². The van der Waals surface area contributed by atoms with Gasteiger partial charge < -0.3 is 24.2 Å². The number of hydrogen-bond donors (Lipinski definition) is 1. The molecule has 1 aliphatic rings. The molecule has 0 aromatic heterocycles. The number of rotatable bonds is 11. The second kappa shape index (κ2) is 11.4. The SMILES string of the molecule is CO[C@@H](CN(C)C(=O)c1ccc2c(c1)OCO2)[C@@H](C)CN([C@@H](C)CO)S(=O)(=O)c1ccc(C)cc1. The molecule has 0 saturated heterocycles. The van der Waals surface area contributed by atoms with Gasteiger partial charge in [-0.25, -0.2) is 8.42 Å². The lowest BCUT2D eigenvalue weighted by molar-refractivity contribution is 0.0221. The Bertz CT molecular complexity index is 1120.